The van der Waals surface area contributed by atoms with Gasteiger partial charge in [-0.3, -0.25) is 9.59 Å². The lowest BCUT2D eigenvalue weighted by Gasteiger charge is -2.15. The number of ether oxygens (including phenoxy) is 1. The van der Waals surface area contributed by atoms with E-state index in [0.717, 1.165) is 6.42 Å². The van der Waals surface area contributed by atoms with E-state index in [2.05, 4.69) is 10.6 Å². The summed E-state index contributed by atoms with van der Waals surface area (Å²) in [6.45, 7) is 6.11. The lowest BCUT2D eigenvalue weighted by molar-refractivity contribution is -0.125. The Labute approximate surface area is 141 Å². The maximum atomic E-state index is 11.8. The van der Waals surface area contributed by atoms with Crippen molar-refractivity contribution in [3.63, 3.8) is 0 Å². The molecule has 0 saturated carbocycles. The lowest BCUT2D eigenvalue weighted by Crippen LogP contribution is -2.46. The molecule has 0 aliphatic heterocycles. The summed E-state index contributed by atoms with van der Waals surface area (Å²) in [5.41, 5.74) is 6.23. The van der Waals surface area contributed by atoms with Gasteiger partial charge in [-0.2, -0.15) is 0 Å². The van der Waals surface area contributed by atoms with Crippen LogP contribution in [0.25, 0.3) is 0 Å². The first kappa shape index (κ1) is 19.3. The molecule has 1 rings (SSSR count). The number of hydrogen-bond donors (Lipinski definition) is 3. The van der Waals surface area contributed by atoms with Gasteiger partial charge in [0.2, 0.25) is 11.8 Å². The highest BCUT2D eigenvalue weighted by Gasteiger charge is 2.17. The van der Waals surface area contributed by atoms with Crippen molar-refractivity contribution in [2.45, 2.75) is 33.2 Å². The Hall–Kier alpha value is -1.79. The fraction of sp³-hybridized carbons (Fsp3) is 0.500. The Morgan fingerprint density at radius 1 is 1.35 bits per heavy atom. The second-order valence-electron chi connectivity index (χ2n) is 5.53. The van der Waals surface area contributed by atoms with Crippen LogP contribution in [0.3, 0.4) is 0 Å². The van der Waals surface area contributed by atoms with Crippen LogP contribution in [0.15, 0.2) is 18.2 Å². The fourth-order valence-electron chi connectivity index (χ4n) is 1.70. The van der Waals surface area contributed by atoms with Gasteiger partial charge in [0.25, 0.3) is 0 Å². The van der Waals surface area contributed by atoms with Crippen LogP contribution >= 0.6 is 11.6 Å². The molecule has 1 atom stereocenters. The molecule has 0 aliphatic rings. The molecule has 0 unspecified atom stereocenters. The maximum Gasteiger partial charge on any atom is 0.243 e. The summed E-state index contributed by atoms with van der Waals surface area (Å²) in [5.74, 6) is -0.126. The number of halogens is 1. The van der Waals surface area contributed by atoms with Gasteiger partial charge in [0.05, 0.1) is 24.2 Å². The lowest BCUT2D eigenvalue weighted by atomic mass is 10.1. The predicted octanol–water partition coefficient (Wildman–Crippen LogP) is 2.17. The van der Waals surface area contributed by atoms with Crippen molar-refractivity contribution in [1.29, 1.82) is 0 Å². The molecule has 23 heavy (non-hydrogen) atoms. The summed E-state index contributed by atoms with van der Waals surface area (Å²) in [5, 5.41) is 5.58. The van der Waals surface area contributed by atoms with Crippen LogP contribution in [0, 0.1) is 5.92 Å². The molecule has 7 heteroatoms. The van der Waals surface area contributed by atoms with E-state index in [-0.39, 0.29) is 24.3 Å². The third kappa shape index (κ3) is 6.46. The maximum absolute atomic E-state index is 11.8. The van der Waals surface area contributed by atoms with Crippen molar-refractivity contribution in [3.05, 3.63) is 23.2 Å². The van der Waals surface area contributed by atoms with Gasteiger partial charge < -0.3 is 21.1 Å². The molecule has 0 fully saturated rings. The van der Waals surface area contributed by atoms with Gasteiger partial charge in [0.15, 0.2) is 0 Å². The van der Waals surface area contributed by atoms with E-state index in [1.54, 1.807) is 18.2 Å². The van der Waals surface area contributed by atoms with E-state index in [9.17, 15) is 9.59 Å². The van der Waals surface area contributed by atoms with Crippen molar-refractivity contribution < 1.29 is 14.3 Å². The molecule has 0 aliphatic carbocycles. The summed E-state index contributed by atoms with van der Waals surface area (Å²) in [6, 6.07) is 4.36. The molecule has 0 radical (unpaired) electrons. The smallest absolute Gasteiger partial charge is 0.243 e. The molecule has 6 nitrogen and oxygen atoms in total. The highest BCUT2D eigenvalue weighted by molar-refractivity contribution is 6.32. The molecular weight excluding hydrogens is 318 g/mol. The molecule has 2 amide bonds. The van der Waals surface area contributed by atoms with E-state index in [1.165, 1.54) is 0 Å². The van der Waals surface area contributed by atoms with Gasteiger partial charge >= 0.3 is 0 Å². The third-order valence-corrected chi connectivity index (χ3v) is 3.42. The monoisotopic (exact) mass is 341 g/mol. The molecule has 1 aromatic rings. The van der Waals surface area contributed by atoms with Gasteiger partial charge in [-0.15, -0.1) is 0 Å². The number of carbonyl (C=O) groups excluding carboxylic acids is 2. The molecule has 0 saturated heterocycles. The van der Waals surface area contributed by atoms with Gasteiger partial charge in [0, 0.05) is 5.69 Å². The Kier molecular flexibility index (Phi) is 7.85. The first-order chi connectivity index (χ1) is 10.8. The van der Waals surface area contributed by atoms with E-state index in [1.807, 2.05) is 20.8 Å². The Bertz CT molecular complexity index is 549. The van der Waals surface area contributed by atoms with Gasteiger partial charge in [-0.05, 0) is 30.5 Å². The highest BCUT2D eigenvalue weighted by atomic mass is 35.5. The van der Waals surface area contributed by atoms with Crippen LogP contribution in [0.2, 0.25) is 5.02 Å². The minimum Gasteiger partial charge on any atom is -0.492 e. The average molecular weight is 342 g/mol. The van der Waals surface area contributed by atoms with Crippen LogP contribution in [-0.4, -0.2) is 31.0 Å². The zero-order valence-electron chi connectivity index (χ0n) is 13.7. The quantitative estimate of drug-likeness (QED) is 0.675. The van der Waals surface area contributed by atoms with Crippen molar-refractivity contribution in [3.8, 4) is 5.75 Å². The number of nitrogens with two attached hydrogens (primary N) is 1. The Balaban J connectivity index is 2.51. The first-order valence-electron chi connectivity index (χ1n) is 7.60. The summed E-state index contributed by atoms with van der Waals surface area (Å²) in [4.78, 5) is 23.5. The standard InChI is InChI=1S/C16H24ClN3O3/c1-4-7-23-13-6-5-11(8-12(13)17)20-14(21)9-19-16(22)15(18)10(2)3/h5-6,8,10,15H,4,7,9,18H2,1-3H3,(H,19,22)(H,20,21)/t15-/m0/s1. The van der Waals surface area contributed by atoms with Gasteiger partial charge in [-0.1, -0.05) is 32.4 Å². The SMILES string of the molecule is CCCOc1ccc(NC(=O)CNC(=O)[C@@H](N)C(C)C)cc1Cl. The van der Waals surface area contributed by atoms with Crippen LogP contribution < -0.4 is 21.1 Å². The zero-order chi connectivity index (χ0) is 17.4. The molecule has 4 N–H and O–H groups in total. The topological polar surface area (TPSA) is 93.5 Å². The third-order valence-electron chi connectivity index (χ3n) is 3.12. The number of nitrogens with one attached hydrogen (secondary N) is 2. The van der Waals surface area contributed by atoms with Crippen LogP contribution in [0.5, 0.6) is 5.75 Å². The molecule has 0 bridgehead atoms. The van der Waals surface area contributed by atoms with Gasteiger partial charge in [-0.25, -0.2) is 0 Å². The molecule has 0 aromatic heterocycles. The van der Waals surface area contributed by atoms with Crippen LogP contribution in [-0.2, 0) is 9.59 Å². The number of carbonyl (C=O) groups is 2. The average Bonchev–Trinajstić information content (AvgIpc) is 2.51. The van der Waals surface area contributed by atoms with Crippen molar-refractivity contribution in [2.24, 2.45) is 11.7 Å². The largest absolute Gasteiger partial charge is 0.492 e. The molecule has 0 spiro atoms. The second kappa shape index (κ2) is 9.37. The van der Waals surface area contributed by atoms with E-state index < -0.39 is 6.04 Å². The molecular formula is C16H24ClN3O3. The fourth-order valence-corrected chi connectivity index (χ4v) is 1.94. The minimum absolute atomic E-state index is 0.00697. The number of rotatable bonds is 8. The van der Waals surface area contributed by atoms with Crippen molar-refractivity contribution in [1.82, 2.24) is 5.32 Å². The van der Waals surface area contributed by atoms with Crippen molar-refractivity contribution >= 4 is 29.1 Å². The minimum atomic E-state index is -0.632. The summed E-state index contributed by atoms with van der Waals surface area (Å²) < 4.78 is 5.46. The van der Waals surface area contributed by atoms with E-state index in [0.29, 0.717) is 23.1 Å². The summed E-state index contributed by atoms with van der Waals surface area (Å²) in [7, 11) is 0. The first-order valence-corrected chi connectivity index (χ1v) is 7.98. The highest BCUT2D eigenvalue weighted by Crippen LogP contribution is 2.27. The van der Waals surface area contributed by atoms with Crippen molar-refractivity contribution in [2.75, 3.05) is 18.5 Å². The zero-order valence-corrected chi connectivity index (χ0v) is 14.4. The van der Waals surface area contributed by atoms with Crippen LogP contribution in [0.1, 0.15) is 27.2 Å². The summed E-state index contributed by atoms with van der Waals surface area (Å²) in [6.07, 6.45) is 0.882. The predicted molar refractivity (Wildman–Crippen MR) is 91.7 cm³/mol. The van der Waals surface area contributed by atoms with E-state index >= 15 is 0 Å². The second-order valence-corrected chi connectivity index (χ2v) is 5.94. The number of anilines is 1. The molecule has 0 heterocycles. The Morgan fingerprint density at radius 3 is 2.61 bits per heavy atom. The molecule has 1 aromatic carbocycles. The summed E-state index contributed by atoms with van der Waals surface area (Å²) >= 11 is 6.09. The number of amides is 2. The Morgan fingerprint density at radius 2 is 2.04 bits per heavy atom. The van der Waals surface area contributed by atoms with E-state index in [4.69, 9.17) is 22.1 Å². The number of hydrogen-bond acceptors (Lipinski definition) is 4. The number of benzene rings is 1. The molecule has 128 valence electrons. The van der Waals surface area contributed by atoms with Crippen LogP contribution in [0.4, 0.5) is 5.69 Å². The normalized spacial score (nSPS) is 11.9. The van der Waals surface area contributed by atoms with Gasteiger partial charge in [0.1, 0.15) is 5.75 Å².